The van der Waals surface area contributed by atoms with Gasteiger partial charge < -0.3 is 35.8 Å². The number of nitrogens with zero attached hydrogens (tertiary/aromatic N) is 3. The Hall–Kier alpha value is -4.58. The van der Waals surface area contributed by atoms with E-state index in [1.807, 2.05) is 66.3 Å². The number of rotatable bonds is 25. The lowest BCUT2D eigenvalue weighted by atomic mass is 9.89. The van der Waals surface area contributed by atoms with Gasteiger partial charge in [-0.1, -0.05) is 50.2 Å². The van der Waals surface area contributed by atoms with E-state index in [0.717, 1.165) is 10.4 Å². The molecule has 0 aliphatic carbocycles. The van der Waals surface area contributed by atoms with Crippen LogP contribution in [-0.2, 0) is 61.8 Å². The molecule has 60 heavy (non-hydrogen) atoms. The fraction of sp³-hybridized carbons (Fsp3) is 0.537. The number of carbonyl (C=O) groups is 6. The molecule has 0 spiro atoms. The summed E-state index contributed by atoms with van der Waals surface area (Å²) >= 11 is 1.44. The maximum Gasteiger partial charge on any atom is 0.472 e. The van der Waals surface area contributed by atoms with E-state index in [4.69, 9.17) is 14.8 Å². The molecule has 3 heterocycles. The number of aromatic nitrogens is 2. The van der Waals surface area contributed by atoms with Gasteiger partial charge in [0.15, 0.2) is 11.6 Å². The Morgan fingerprint density at radius 2 is 1.73 bits per heavy atom. The van der Waals surface area contributed by atoms with Crippen LogP contribution < -0.4 is 16.4 Å². The van der Waals surface area contributed by atoms with Crippen molar-refractivity contribution in [2.75, 3.05) is 19.8 Å². The number of carbonyl (C=O) groups excluding carboxylic acids is 6. The average Bonchev–Trinajstić information content (AvgIpc) is 3.99. The summed E-state index contributed by atoms with van der Waals surface area (Å²) in [5.41, 5.74) is 7.14. The standard InChI is InChI=1S/C41H57N6O11PS/c1-26(2)18-34(44-41(54)36-13-8-15-47(36)28(4)49)37(50)20-30(19-31-22-43-25-46(31)23-29-10-6-5-7-11-29)40(53)45-35(24-48)38(51)21-33(39(42)52)27(3)58-59(55,56)57-16-14-32-12-9-17-60-32/h5-7,9-12,17,22,25-27,30,33-36,48H,8,13-16,18-21,23-24H2,1-4H3,(H2,42,52)(H,44,54)(H,45,53)(H,55,56)/t27-,30-,33+,34+,35+,36+/m1/s1. The highest BCUT2D eigenvalue weighted by atomic mass is 32.1. The molecule has 6 N–H and O–H groups in total. The van der Waals surface area contributed by atoms with Crippen LogP contribution >= 0.6 is 19.2 Å². The van der Waals surface area contributed by atoms with Crippen molar-refractivity contribution >= 4 is 54.4 Å². The third-order valence-electron chi connectivity index (χ3n) is 10.4. The van der Waals surface area contributed by atoms with Crippen molar-refractivity contribution in [3.8, 4) is 0 Å². The number of aliphatic hydroxyl groups is 1. The maximum absolute atomic E-state index is 14.2. The van der Waals surface area contributed by atoms with Crippen molar-refractivity contribution in [3.63, 3.8) is 0 Å². The highest BCUT2D eigenvalue weighted by Crippen LogP contribution is 2.46. The number of phosphoric ester groups is 1. The maximum atomic E-state index is 14.2. The molecular formula is C41H57N6O11PS. The quantitative estimate of drug-likeness (QED) is 0.0772. The number of primary amides is 1. The fourth-order valence-corrected chi connectivity index (χ4v) is 8.81. The molecule has 7 atom stereocenters. The third kappa shape index (κ3) is 14.6. The molecule has 0 bridgehead atoms. The number of ketones is 2. The Labute approximate surface area is 354 Å². The molecule has 1 fully saturated rings. The zero-order valence-electron chi connectivity index (χ0n) is 34.4. The van der Waals surface area contributed by atoms with Gasteiger partial charge in [0.05, 0.1) is 43.5 Å². The van der Waals surface area contributed by atoms with Gasteiger partial charge in [-0.3, -0.25) is 37.8 Å². The van der Waals surface area contributed by atoms with Gasteiger partial charge in [-0.15, -0.1) is 11.3 Å². The zero-order chi connectivity index (χ0) is 44.0. The molecule has 17 nitrogen and oxygen atoms in total. The molecule has 0 saturated carbocycles. The second-order valence-corrected chi connectivity index (χ2v) is 17.9. The summed E-state index contributed by atoms with van der Waals surface area (Å²) in [4.78, 5) is 97.1. The van der Waals surface area contributed by atoms with E-state index >= 15 is 0 Å². The normalized spacial score (nSPS) is 17.6. The van der Waals surface area contributed by atoms with Crippen LogP contribution in [0.3, 0.4) is 0 Å². The molecule has 19 heteroatoms. The van der Waals surface area contributed by atoms with Crippen molar-refractivity contribution in [1.29, 1.82) is 0 Å². The summed E-state index contributed by atoms with van der Waals surface area (Å²) in [6, 6.07) is 9.88. The molecule has 0 radical (unpaired) electrons. The van der Waals surface area contributed by atoms with E-state index in [9.17, 15) is 43.3 Å². The van der Waals surface area contributed by atoms with Crippen LogP contribution in [0.4, 0.5) is 0 Å². The van der Waals surface area contributed by atoms with Crippen molar-refractivity contribution in [1.82, 2.24) is 25.1 Å². The Morgan fingerprint density at radius 1 is 1.02 bits per heavy atom. The summed E-state index contributed by atoms with van der Waals surface area (Å²) in [6.07, 6.45) is 2.39. The SMILES string of the molecule is CC(=O)N1CCC[C@H]1C(=O)N[C@@H](CC(C)C)C(=O)C[C@@H](Cc1cncn1Cc1ccccc1)C(=O)N[C@@H](CO)C(=O)C[C@H](C(N)=O)[C@@H](C)OP(=O)(O)OCCc1cccs1. The van der Waals surface area contributed by atoms with Crippen molar-refractivity contribution in [3.05, 3.63) is 76.5 Å². The number of nitrogens with two attached hydrogens (primary N) is 1. The summed E-state index contributed by atoms with van der Waals surface area (Å²) in [6.45, 7) is 6.23. The molecule has 1 aliphatic rings. The number of benzene rings is 1. The smallest absolute Gasteiger partial charge is 0.394 e. The van der Waals surface area contributed by atoms with Gasteiger partial charge in [0, 0.05) is 62.5 Å². The third-order valence-corrected chi connectivity index (χ3v) is 12.4. The summed E-state index contributed by atoms with van der Waals surface area (Å²) < 4.78 is 24.8. The van der Waals surface area contributed by atoms with Crippen LogP contribution in [-0.4, -0.2) is 104 Å². The topological polar surface area (TPSA) is 250 Å². The fourth-order valence-electron chi connectivity index (χ4n) is 7.17. The van der Waals surface area contributed by atoms with E-state index in [2.05, 4.69) is 15.6 Å². The average molecular weight is 873 g/mol. The lowest BCUT2D eigenvalue weighted by molar-refractivity contribution is -0.138. The van der Waals surface area contributed by atoms with Crippen LogP contribution in [0, 0.1) is 17.8 Å². The number of Topliss-reactive ketones (excluding diaryl/α,β-unsaturated/α-hetero) is 2. The molecule has 1 aliphatic heterocycles. The summed E-state index contributed by atoms with van der Waals surface area (Å²) in [5, 5.41) is 17.6. The Balaban J connectivity index is 1.51. The minimum Gasteiger partial charge on any atom is -0.394 e. The molecule has 4 rings (SSSR count). The molecule has 2 aromatic heterocycles. The number of hydrogen-bond acceptors (Lipinski definition) is 12. The largest absolute Gasteiger partial charge is 0.472 e. The van der Waals surface area contributed by atoms with Crippen LogP contribution in [0.2, 0.25) is 0 Å². The summed E-state index contributed by atoms with van der Waals surface area (Å²) in [7, 11) is -4.70. The van der Waals surface area contributed by atoms with Gasteiger partial charge >= 0.3 is 7.82 Å². The lowest BCUT2D eigenvalue weighted by Crippen LogP contribution is -2.52. The molecule has 328 valence electrons. The molecule has 4 amide bonds. The first-order valence-electron chi connectivity index (χ1n) is 20.0. The highest BCUT2D eigenvalue weighted by molar-refractivity contribution is 7.47. The molecule has 1 unspecified atom stereocenters. The molecule has 1 aromatic carbocycles. The second-order valence-electron chi connectivity index (χ2n) is 15.5. The number of thiophene rings is 1. The van der Waals surface area contributed by atoms with E-state index in [0.29, 0.717) is 38.0 Å². The van der Waals surface area contributed by atoms with Gasteiger partial charge in [-0.05, 0) is 49.1 Å². The minimum absolute atomic E-state index is 0.0209. The van der Waals surface area contributed by atoms with E-state index in [1.54, 1.807) is 12.5 Å². The van der Waals surface area contributed by atoms with Crippen molar-refractivity contribution in [2.24, 2.45) is 23.5 Å². The number of phosphoric acid groups is 1. The first-order valence-corrected chi connectivity index (χ1v) is 22.4. The number of likely N-dealkylation sites (tertiary alicyclic amines) is 1. The summed E-state index contributed by atoms with van der Waals surface area (Å²) in [5.74, 6) is -6.40. The Kier molecular flexibility index (Phi) is 18.3. The lowest BCUT2D eigenvalue weighted by Gasteiger charge is -2.27. The van der Waals surface area contributed by atoms with Gasteiger partial charge in [-0.2, -0.15) is 0 Å². The number of hydrogen-bond donors (Lipinski definition) is 5. The van der Waals surface area contributed by atoms with Crippen molar-refractivity contribution < 1.29 is 52.4 Å². The first kappa shape index (κ1) is 48.1. The van der Waals surface area contributed by atoms with Gasteiger partial charge in [-0.25, -0.2) is 9.55 Å². The van der Waals surface area contributed by atoms with E-state index in [-0.39, 0.29) is 37.7 Å². The van der Waals surface area contributed by atoms with Gasteiger partial charge in [0.1, 0.15) is 12.1 Å². The van der Waals surface area contributed by atoms with Crippen LogP contribution in [0.25, 0.3) is 0 Å². The highest BCUT2D eigenvalue weighted by Gasteiger charge is 2.38. The van der Waals surface area contributed by atoms with Crippen LogP contribution in [0.15, 0.2) is 60.4 Å². The Bertz CT molecular complexity index is 1960. The minimum atomic E-state index is -4.70. The number of imidazole rings is 1. The predicted molar refractivity (Wildman–Crippen MR) is 222 cm³/mol. The predicted octanol–water partition coefficient (Wildman–Crippen LogP) is 2.96. The van der Waals surface area contributed by atoms with Gasteiger partial charge in [0.2, 0.25) is 23.6 Å². The van der Waals surface area contributed by atoms with Gasteiger partial charge in [0.25, 0.3) is 0 Å². The van der Waals surface area contributed by atoms with Crippen LogP contribution in [0.1, 0.15) is 75.9 Å². The molecule has 1 saturated heterocycles. The monoisotopic (exact) mass is 872 g/mol. The number of nitrogens with one attached hydrogen (secondary N) is 2. The first-order chi connectivity index (χ1) is 28.5. The Morgan fingerprint density at radius 3 is 2.37 bits per heavy atom. The van der Waals surface area contributed by atoms with Crippen molar-refractivity contribution in [2.45, 2.75) is 103 Å². The zero-order valence-corrected chi connectivity index (χ0v) is 36.1. The van der Waals surface area contributed by atoms with E-state index in [1.165, 1.54) is 30.1 Å². The molecule has 3 aromatic rings. The van der Waals surface area contributed by atoms with E-state index < -0.39 is 86.2 Å². The van der Waals surface area contributed by atoms with Crippen LogP contribution in [0.5, 0.6) is 0 Å². The molecular weight excluding hydrogens is 816 g/mol. The second kappa shape index (κ2) is 22.9. The number of aliphatic hydroxyl groups excluding tert-OH is 1. The number of amides is 4.